The van der Waals surface area contributed by atoms with Crippen molar-refractivity contribution in [1.29, 1.82) is 0 Å². The first kappa shape index (κ1) is 20.7. The van der Waals surface area contributed by atoms with Crippen molar-refractivity contribution < 1.29 is 18.9 Å². The van der Waals surface area contributed by atoms with Crippen LogP contribution in [0.15, 0.2) is 18.2 Å². The fourth-order valence-corrected chi connectivity index (χ4v) is 2.65. The van der Waals surface area contributed by atoms with E-state index in [1.54, 1.807) is 14.2 Å². The Bertz CT molecular complexity index is 459. The van der Waals surface area contributed by atoms with E-state index in [1.807, 2.05) is 26.0 Å². The van der Waals surface area contributed by atoms with Gasteiger partial charge in [-0.05, 0) is 43.9 Å². The maximum Gasteiger partial charge on any atom is 0.169 e. The number of hydrogen-bond acceptors (Lipinski definition) is 5. The summed E-state index contributed by atoms with van der Waals surface area (Å²) in [7, 11) is 3.31. The molecule has 5 heteroatoms. The number of ether oxygens (including phenoxy) is 4. The molecule has 0 saturated heterocycles. The van der Waals surface area contributed by atoms with E-state index in [0.29, 0.717) is 25.7 Å². The molecule has 5 nitrogen and oxygen atoms in total. The number of nitrogens with one attached hydrogen (secondary N) is 1. The van der Waals surface area contributed by atoms with Crippen LogP contribution in [0, 0.1) is 5.92 Å². The lowest BCUT2D eigenvalue weighted by atomic mass is 9.96. The van der Waals surface area contributed by atoms with Crippen LogP contribution < -0.4 is 14.8 Å². The Morgan fingerprint density at radius 3 is 2.08 bits per heavy atom. The maximum atomic E-state index is 5.63. The number of rotatable bonds is 12. The van der Waals surface area contributed by atoms with Gasteiger partial charge in [-0.2, -0.15) is 0 Å². The fourth-order valence-electron chi connectivity index (χ4n) is 2.65. The molecule has 0 aromatic heterocycles. The topological polar surface area (TPSA) is 49.0 Å². The normalized spacial score (nSPS) is 12.7. The zero-order chi connectivity index (χ0) is 17.9. The van der Waals surface area contributed by atoms with Crippen LogP contribution in [0.4, 0.5) is 0 Å². The lowest BCUT2D eigenvalue weighted by molar-refractivity contribution is -0.134. The Kier molecular flexibility index (Phi) is 9.76. The van der Waals surface area contributed by atoms with E-state index in [-0.39, 0.29) is 12.3 Å². The van der Waals surface area contributed by atoms with Crippen molar-refractivity contribution in [3.8, 4) is 11.5 Å². The van der Waals surface area contributed by atoms with Crippen LogP contribution in [-0.2, 0) is 9.47 Å². The van der Waals surface area contributed by atoms with Crippen LogP contribution in [0.25, 0.3) is 0 Å². The van der Waals surface area contributed by atoms with Crippen molar-refractivity contribution in [2.24, 2.45) is 5.92 Å². The summed E-state index contributed by atoms with van der Waals surface area (Å²) in [5.41, 5.74) is 1.17. The lowest BCUT2D eigenvalue weighted by Crippen LogP contribution is -2.34. The highest BCUT2D eigenvalue weighted by molar-refractivity contribution is 5.43. The molecule has 0 amide bonds. The van der Waals surface area contributed by atoms with Gasteiger partial charge >= 0.3 is 0 Å². The van der Waals surface area contributed by atoms with E-state index in [4.69, 9.17) is 18.9 Å². The van der Waals surface area contributed by atoms with Crippen molar-refractivity contribution in [2.45, 2.75) is 46.4 Å². The van der Waals surface area contributed by atoms with Crippen LogP contribution in [0.3, 0.4) is 0 Å². The minimum Gasteiger partial charge on any atom is -0.493 e. The van der Waals surface area contributed by atoms with E-state index in [0.717, 1.165) is 17.9 Å². The number of benzene rings is 1. The number of hydrogen-bond donors (Lipinski definition) is 1. The van der Waals surface area contributed by atoms with Gasteiger partial charge in [0, 0.05) is 25.8 Å². The summed E-state index contributed by atoms with van der Waals surface area (Å²) < 4.78 is 22.0. The van der Waals surface area contributed by atoms with Crippen molar-refractivity contribution >= 4 is 0 Å². The van der Waals surface area contributed by atoms with Crippen molar-refractivity contribution in [2.75, 3.05) is 34.0 Å². The highest BCUT2D eigenvalue weighted by Gasteiger charge is 2.18. The molecule has 0 fully saturated rings. The molecule has 1 N–H and O–H groups in total. The highest BCUT2D eigenvalue weighted by Crippen LogP contribution is 2.32. The average molecular weight is 339 g/mol. The van der Waals surface area contributed by atoms with E-state index >= 15 is 0 Å². The Morgan fingerprint density at radius 1 is 0.958 bits per heavy atom. The molecular formula is C19H33NO4. The molecule has 0 spiro atoms. The quantitative estimate of drug-likeness (QED) is 0.587. The first-order chi connectivity index (χ1) is 11.5. The first-order valence-corrected chi connectivity index (χ1v) is 8.74. The van der Waals surface area contributed by atoms with E-state index in [9.17, 15) is 0 Å². The summed E-state index contributed by atoms with van der Waals surface area (Å²) in [6, 6.07) is 6.27. The Balaban J connectivity index is 2.88. The second-order valence-corrected chi connectivity index (χ2v) is 6.05. The molecule has 0 heterocycles. The standard InChI is InChI=1S/C19H33NO4/c1-7-23-19(24-8-2)13-20-16(11-14(3)4)15-9-10-17(21-5)18(12-15)22-6/h9-10,12,14,16,19-20H,7-8,11,13H2,1-6H3. The smallest absolute Gasteiger partial charge is 0.169 e. The van der Waals surface area contributed by atoms with Crippen LogP contribution in [0.5, 0.6) is 11.5 Å². The largest absolute Gasteiger partial charge is 0.493 e. The summed E-state index contributed by atoms with van der Waals surface area (Å²) in [5.74, 6) is 2.05. The van der Waals surface area contributed by atoms with Crippen LogP contribution >= 0.6 is 0 Å². The third kappa shape index (κ3) is 6.67. The van der Waals surface area contributed by atoms with Gasteiger partial charge in [-0.1, -0.05) is 19.9 Å². The van der Waals surface area contributed by atoms with Gasteiger partial charge in [-0.15, -0.1) is 0 Å². The Labute approximate surface area is 146 Å². The van der Waals surface area contributed by atoms with E-state index in [2.05, 4.69) is 25.2 Å². The lowest BCUT2D eigenvalue weighted by Gasteiger charge is -2.25. The van der Waals surface area contributed by atoms with Crippen molar-refractivity contribution in [3.05, 3.63) is 23.8 Å². The average Bonchev–Trinajstić information content (AvgIpc) is 2.57. The highest BCUT2D eigenvalue weighted by atomic mass is 16.7. The maximum absolute atomic E-state index is 5.63. The van der Waals surface area contributed by atoms with Crippen LogP contribution in [0.1, 0.15) is 45.7 Å². The van der Waals surface area contributed by atoms with Crippen LogP contribution in [0.2, 0.25) is 0 Å². The molecule has 0 aliphatic heterocycles. The molecule has 24 heavy (non-hydrogen) atoms. The minimum absolute atomic E-state index is 0.202. The Morgan fingerprint density at radius 2 is 1.58 bits per heavy atom. The van der Waals surface area contributed by atoms with Gasteiger partial charge in [0.05, 0.1) is 14.2 Å². The van der Waals surface area contributed by atoms with Crippen LogP contribution in [-0.4, -0.2) is 40.3 Å². The van der Waals surface area contributed by atoms with Gasteiger partial charge in [0.2, 0.25) is 0 Å². The molecule has 1 aromatic rings. The molecule has 138 valence electrons. The predicted octanol–water partition coefficient (Wildman–Crippen LogP) is 3.78. The van der Waals surface area contributed by atoms with Gasteiger partial charge in [-0.3, -0.25) is 0 Å². The van der Waals surface area contributed by atoms with Gasteiger partial charge in [-0.25, -0.2) is 0 Å². The summed E-state index contributed by atoms with van der Waals surface area (Å²) in [6.07, 6.45) is 0.787. The SMILES string of the molecule is CCOC(CNC(CC(C)C)c1ccc(OC)c(OC)c1)OCC. The molecule has 0 saturated carbocycles. The van der Waals surface area contributed by atoms with Crippen molar-refractivity contribution in [3.63, 3.8) is 0 Å². The van der Waals surface area contributed by atoms with Gasteiger partial charge < -0.3 is 24.3 Å². The second-order valence-electron chi connectivity index (χ2n) is 6.05. The molecule has 1 atom stereocenters. The van der Waals surface area contributed by atoms with Gasteiger partial charge in [0.1, 0.15) is 0 Å². The number of methoxy groups -OCH3 is 2. The van der Waals surface area contributed by atoms with Gasteiger partial charge in [0.25, 0.3) is 0 Å². The summed E-state index contributed by atoms with van der Waals surface area (Å²) in [5, 5.41) is 3.58. The summed E-state index contributed by atoms with van der Waals surface area (Å²) in [6.45, 7) is 10.3. The minimum atomic E-state index is -0.227. The third-order valence-corrected chi connectivity index (χ3v) is 3.75. The zero-order valence-electron chi connectivity index (χ0n) is 15.9. The Hall–Kier alpha value is -1.30. The zero-order valence-corrected chi connectivity index (χ0v) is 15.9. The molecular weight excluding hydrogens is 306 g/mol. The second kappa shape index (κ2) is 11.3. The van der Waals surface area contributed by atoms with E-state index < -0.39 is 0 Å². The summed E-state index contributed by atoms with van der Waals surface area (Å²) in [4.78, 5) is 0. The summed E-state index contributed by atoms with van der Waals surface area (Å²) >= 11 is 0. The molecule has 0 radical (unpaired) electrons. The fraction of sp³-hybridized carbons (Fsp3) is 0.684. The van der Waals surface area contributed by atoms with Gasteiger partial charge in [0.15, 0.2) is 17.8 Å². The molecule has 0 aliphatic rings. The molecule has 1 rings (SSSR count). The molecule has 1 aromatic carbocycles. The first-order valence-electron chi connectivity index (χ1n) is 8.74. The molecule has 1 unspecified atom stereocenters. The monoisotopic (exact) mass is 339 g/mol. The predicted molar refractivity (Wildman–Crippen MR) is 96.8 cm³/mol. The third-order valence-electron chi connectivity index (χ3n) is 3.75. The molecule has 0 bridgehead atoms. The van der Waals surface area contributed by atoms with E-state index in [1.165, 1.54) is 5.56 Å². The molecule has 0 aliphatic carbocycles. The van der Waals surface area contributed by atoms with Crippen molar-refractivity contribution in [1.82, 2.24) is 5.32 Å².